The van der Waals surface area contributed by atoms with E-state index in [4.69, 9.17) is 21.3 Å². The van der Waals surface area contributed by atoms with Crippen LogP contribution in [0.5, 0.6) is 5.88 Å². The molecule has 1 saturated heterocycles. The summed E-state index contributed by atoms with van der Waals surface area (Å²) in [5, 5.41) is 7.34. The number of hydrogen-bond donors (Lipinski definition) is 3. The SMILES string of the molecule is CCc1cc(-c2c(F)ccc(NS(=O)(=O)c3cc(Cl)cnc3OC)c2F)cc2cnc(NC3CCNCC3)nc12. The van der Waals surface area contributed by atoms with E-state index in [1.807, 2.05) is 6.92 Å². The molecule has 2 aromatic heterocycles. The summed E-state index contributed by atoms with van der Waals surface area (Å²) in [5.74, 6) is -1.66. The molecule has 0 bridgehead atoms. The van der Waals surface area contributed by atoms with Crippen molar-refractivity contribution in [1.29, 1.82) is 0 Å². The van der Waals surface area contributed by atoms with Crippen LogP contribution in [0.25, 0.3) is 22.0 Å². The largest absolute Gasteiger partial charge is 0.480 e. The lowest BCUT2D eigenvalue weighted by Crippen LogP contribution is -2.35. The Morgan fingerprint density at radius 2 is 1.90 bits per heavy atom. The molecule has 0 radical (unpaired) electrons. The minimum Gasteiger partial charge on any atom is -0.480 e. The van der Waals surface area contributed by atoms with Crippen molar-refractivity contribution in [3.8, 4) is 17.0 Å². The maximum absolute atomic E-state index is 15.8. The molecule has 13 heteroatoms. The van der Waals surface area contributed by atoms with Crippen LogP contribution in [0.4, 0.5) is 20.4 Å². The van der Waals surface area contributed by atoms with Gasteiger partial charge in [-0.05, 0) is 73.8 Å². The molecule has 9 nitrogen and oxygen atoms in total. The first-order valence-corrected chi connectivity index (χ1v) is 14.5. The Morgan fingerprint density at radius 3 is 2.62 bits per heavy atom. The molecule has 2 aromatic carbocycles. The van der Waals surface area contributed by atoms with Crippen molar-refractivity contribution in [2.24, 2.45) is 0 Å². The average molecular weight is 589 g/mol. The van der Waals surface area contributed by atoms with Gasteiger partial charge in [0.1, 0.15) is 5.82 Å². The lowest BCUT2D eigenvalue weighted by atomic mass is 9.97. The van der Waals surface area contributed by atoms with Crippen molar-refractivity contribution in [3.63, 3.8) is 0 Å². The summed E-state index contributed by atoms with van der Waals surface area (Å²) < 4.78 is 64.3. The van der Waals surface area contributed by atoms with Gasteiger partial charge in [0.15, 0.2) is 10.7 Å². The number of halogens is 3. The van der Waals surface area contributed by atoms with Gasteiger partial charge >= 0.3 is 0 Å². The number of aromatic nitrogens is 3. The van der Waals surface area contributed by atoms with Crippen molar-refractivity contribution in [2.45, 2.75) is 37.1 Å². The van der Waals surface area contributed by atoms with E-state index in [9.17, 15) is 8.42 Å². The fourth-order valence-electron chi connectivity index (χ4n) is 4.70. The first-order chi connectivity index (χ1) is 19.2. The molecule has 0 spiro atoms. The molecule has 3 heterocycles. The van der Waals surface area contributed by atoms with Gasteiger partial charge in [-0.15, -0.1) is 0 Å². The first-order valence-electron chi connectivity index (χ1n) is 12.7. The number of aryl methyl sites for hydroxylation is 1. The molecular formula is C27H27ClF2N6O3S. The van der Waals surface area contributed by atoms with Crippen LogP contribution in [0.15, 0.2) is 47.6 Å². The van der Waals surface area contributed by atoms with Crippen LogP contribution >= 0.6 is 11.6 Å². The van der Waals surface area contributed by atoms with Gasteiger partial charge in [0.25, 0.3) is 10.0 Å². The Kier molecular flexibility index (Phi) is 8.02. The topological polar surface area (TPSA) is 118 Å². The maximum atomic E-state index is 15.8. The number of ether oxygens (including phenoxy) is 1. The van der Waals surface area contributed by atoms with Crippen LogP contribution in [-0.2, 0) is 16.4 Å². The lowest BCUT2D eigenvalue weighted by Gasteiger charge is -2.23. The normalized spacial score (nSPS) is 14.3. The molecule has 40 heavy (non-hydrogen) atoms. The Bertz CT molecular complexity index is 1680. The fraction of sp³-hybridized carbons (Fsp3) is 0.296. The van der Waals surface area contributed by atoms with Gasteiger partial charge in [0.2, 0.25) is 11.8 Å². The predicted molar refractivity (Wildman–Crippen MR) is 150 cm³/mol. The second-order valence-corrected chi connectivity index (χ2v) is 11.4. The van der Waals surface area contributed by atoms with Gasteiger partial charge in [-0.3, -0.25) is 4.72 Å². The Balaban J connectivity index is 1.52. The zero-order valence-corrected chi connectivity index (χ0v) is 23.3. The van der Waals surface area contributed by atoms with Gasteiger partial charge in [0.05, 0.1) is 28.9 Å². The van der Waals surface area contributed by atoms with Crippen molar-refractivity contribution >= 4 is 44.2 Å². The Labute approximate surface area is 235 Å². The van der Waals surface area contributed by atoms with Crippen LogP contribution in [0.3, 0.4) is 0 Å². The van der Waals surface area contributed by atoms with E-state index in [1.54, 1.807) is 18.3 Å². The molecule has 5 rings (SSSR count). The molecule has 0 amide bonds. The smallest absolute Gasteiger partial charge is 0.267 e. The van der Waals surface area contributed by atoms with E-state index in [0.29, 0.717) is 23.3 Å². The fourth-order valence-corrected chi connectivity index (χ4v) is 6.13. The van der Waals surface area contributed by atoms with Gasteiger partial charge in [0, 0.05) is 23.8 Å². The number of methoxy groups -OCH3 is 1. The number of rotatable bonds is 8. The second kappa shape index (κ2) is 11.5. The molecule has 4 aromatic rings. The molecule has 0 saturated carbocycles. The highest BCUT2D eigenvalue weighted by Crippen LogP contribution is 2.35. The maximum Gasteiger partial charge on any atom is 0.267 e. The van der Waals surface area contributed by atoms with Crippen molar-refractivity contribution in [2.75, 3.05) is 30.2 Å². The van der Waals surface area contributed by atoms with Crippen molar-refractivity contribution in [1.82, 2.24) is 20.3 Å². The van der Waals surface area contributed by atoms with Gasteiger partial charge in [-0.1, -0.05) is 18.5 Å². The Morgan fingerprint density at radius 1 is 1.12 bits per heavy atom. The molecule has 1 fully saturated rings. The van der Waals surface area contributed by atoms with Gasteiger partial charge < -0.3 is 15.4 Å². The number of sulfonamides is 1. The minimum absolute atomic E-state index is 0.0426. The molecule has 0 aliphatic carbocycles. The standard InChI is InChI=1S/C27H27ClF2N6O3S/c1-3-15-10-16(11-17-13-33-27(35-25(15)17)34-19-6-8-31-9-7-19)23-20(29)4-5-21(24(23)30)36-40(37,38)22-12-18(28)14-32-26(22)39-2/h4-5,10-14,19,31,36H,3,6-9H2,1-2H3,(H,33,34,35). The van der Waals surface area contributed by atoms with E-state index in [-0.39, 0.29) is 28.1 Å². The zero-order chi connectivity index (χ0) is 28.4. The van der Waals surface area contributed by atoms with E-state index in [2.05, 4.69) is 25.3 Å². The van der Waals surface area contributed by atoms with Crippen LogP contribution < -0.4 is 20.1 Å². The summed E-state index contributed by atoms with van der Waals surface area (Å²) in [5.41, 5.74) is 0.836. The number of nitrogens with one attached hydrogen (secondary N) is 3. The van der Waals surface area contributed by atoms with Crippen molar-refractivity contribution < 1.29 is 21.9 Å². The Hall–Kier alpha value is -3.61. The highest BCUT2D eigenvalue weighted by Gasteiger charge is 2.25. The second-order valence-electron chi connectivity index (χ2n) is 9.34. The number of fused-ring (bicyclic) bond motifs is 1. The third-order valence-corrected chi connectivity index (χ3v) is 8.27. The van der Waals surface area contributed by atoms with E-state index in [1.165, 1.54) is 13.3 Å². The van der Waals surface area contributed by atoms with Crippen molar-refractivity contribution in [3.05, 3.63) is 64.9 Å². The van der Waals surface area contributed by atoms with Crippen LogP contribution in [0.2, 0.25) is 5.02 Å². The minimum atomic E-state index is -4.39. The molecule has 1 aliphatic rings. The first kappa shape index (κ1) is 27.9. The number of hydrogen-bond acceptors (Lipinski definition) is 8. The molecule has 210 valence electrons. The highest BCUT2D eigenvalue weighted by atomic mass is 35.5. The van der Waals surface area contributed by atoms with Crippen LogP contribution in [-0.4, -0.2) is 49.6 Å². The summed E-state index contributed by atoms with van der Waals surface area (Å²) in [6.07, 6.45) is 5.30. The number of anilines is 2. The molecule has 1 aliphatic heterocycles. The predicted octanol–water partition coefficient (Wildman–Crippen LogP) is 5.16. The third-order valence-electron chi connectivity index (χ3n) is 6.71. The molecule has 0 unspecified atom stereocenters. The number of nitrogens with zero attached hydrogens (tertiary/aromatic N) is 3. The van der Waals surface area contributed by atoms with Crippen LogP contribution in [0.1, 0.15) is 25.3 Å². The summed E-state index contributed by atoms with van der Waals surface area (Å²) in [7, 11) is -3.15. The van der Waals surface area contributed by atoms with Gasteiger partial charge in [-0.2, -0.15) is 0 Å². The molecular weight excluding hydrogens is 562 g/mol. The third kappa shape index (κ3) is 5.65. The highest BCUT2D eigenvalue weighted by molar-refractivity contribution is 7.92. The molecule has 3 N–H and O–H groups in total. The quantitative estimate of drug-likeness (QED) is 0.258. The number of pyridine rings is 1. The van der Waals surface area contributed by atoms with E-state index >= 15 is 8.78 Å². The average Bonchev–Trinajstić information content (AvgIpc) is 2.95. The summed E-state index contributed by atoms with van der Waals surface area (Å²) >= 11 is 5.92. The van der Waals surface area contributed by atoms with Crippen LogP contribution in [0, 0.1) is 11.6 Å². The zero-order valence-electron chi connectivity index (χ0n) is 21.8. The number of benzene rings is 2. The molecule has 0 atom stereocenters. The summed E-state index contributed by atoms with van der Waals surface area (Å²) in [4.78, 5) is 12.6. The van der Waals surface area contributed by atoms with Gasteiger partial charge in [-0.25, -0.2) is 32.2 Å². The van der Waals surface area contributed by atoms with E-state index in [0.717, 1.165) is 49.7 Å². The summed E-state index contributed by atoms with van der Waals surface area (Å²) in [6, 6.07) is 6.66. The lowest BCUT2D eigenvalue weighted by molar-refractivity contribution is 0.385. The summed E-state index contributed by atoms with van der Waals surface area (Å²) in [6.45, 7) is 3.76. The number of piperidine rings is 1. The van der Waals surface area contributed by atoms with E-state index < -0.39 is 32.2 Å². The monoisotopic (exact) mass is 588 g/mol.